The minimum Gasteiger partial charge on any atom is -0.361 e. The fourth-order valence-corrected chi connectivity index (χ4v) is 2.41. The van der Waals surface area contributed by atoms with Gasteiger partial charge in [0.1, 0.15) is 0 Å². The molecule has 0 atom stereocenters. The lowest BCUT2D eigenvalue weighted by Gasteiger charge is -2.05. The summed E-state index contributed by atoms with van der Waals surface area (Å²) in [5, 5.41) is 4.53. The maximum Gasteiger partial charge on any atom is 0.228 e. The average molecular weight is 285 g/mol. The summed E-state index contributed by atoms with van der Waals surface area (Å²) in [6, 6.07) is 15.1. The molecule has 0 spiro atoms. The number of H-pyrrole nitrogens is 1. The molecule has 0 radical (unpaired) electrons. The second-order valence-electron chi connectivity index (χ2n) is 4.59. The summed E-state index contributed by atoms with van der Waals surface area (Å²) in [5.74, 6) is -0.0583. The number of benzene rings is 2. The van der Waals surface area contributed by atoms with Crippen molar-refractivity contribution in [3.8, 4) is 0 Å². The smallest absolute Gasteiger partial charge is 0.228 e. The molecule has 3 rings (SSSR count). The van der Waals surface area contributed by atoms with Crippen molar-refractivity contribution >= 4 is 34.1 Å². The van der Waals surface area contributed by atoms with Gasteiger partial charge in [-0.05, 0) is 29.8 Å². The van der Waals surface area contributed by atoms with Gasteiger partial charge in [-0.2, -0.15) is 0 Å². The van der Waals surface area contributed by atoms with Gasteiger partial charge in [0.2, 0.25) is 5.91 Å². The molecular weight excluding hydrogens is 272 g/mol. The van der Waals surface area contributed by atoms with Crippen molar-refractivity contribution in [2.24, 2.45) is 0 Å². The SMILES string of the molecule is O=C(Cc1c[nH]c2ccccc12)Nc1cccc(Cl)c1. The number of hydrogen-bond acceptors (Lipinski definition) is 1. The zero-order valence-corrected chi connectivity index (χ0v) is 11.4. The van der Waals surface area contributed by atoms with E-state index in [2.05, 4.69) is 10.3 Å². The molecule has 0 aliphatic rings. The topological polar surface area (TPSA) is 44.9 Å². The van der Waals surface area contributed by atoms with Crippen LogP contribution >= 0.6 is 11.6 Å². The van der Waals surface area contributed by atoms with Gasteiger partial charge in [-0.15, -0.1) is 0 Å². The molecule has 0 fully saturated rings. The Morgan fingerprint density at radius 1 is 1.15 bits per heavy atom. The molecule has 2 aromatic carbocycles. The van der Waals surface area contributed by atoms with Gasteiger partial charge in [0, 0.05) is 27.8 Å². The van der Waals surface area contributed by atoms with Crippen LogP contribution in [0.1, 0.15) is 5.56 Å². The molecule has 1 aromatic heterocycles. The number of aromatic amines is 1. The van der Waals surface area contributed by atoms with Gasteiger partial charge in [0.25, 0.3) is 0 Å². The molecule has 2 N–H and O–H groups in total. The third-order valence-electron chi connectivity index (χ3n) is 3.13. The lowest BCUT2D eigenvalue weighted by atomic mass is 10.1. The first-order valence-electron chi connectivity index (χ1n) is 6.33. The maximum atomic E-state index is 12.1. The zero-order valence-electron chi connectivity index (χ0n) is 10.7. The Labute approximate surface area is 121 Å². The second kappa shape index (κ2) is 5.39. The molecule has 0 saturated heterocycles. The standard InChI is InChI=1S/C16H13ClN2O/c17-12-4-3-5-13(9-12)19-16(20)8-11-10-18-15-7-2-1-6-14(11)15/h1-7,9-10,18H,8H2,(H,19,20). The molecule has 0 aliphatic heterocycles. The molecule has 3 nitrogen and oxygen atoms in total. The van der Waals surface area contributed by atoms with Crippen LogP contribution < -0.4 is 5.32 Å². The monoisotopic (exact) mass is 284 g/mol. The molecular formula is C16H13ClN2O. The number of aromatic nitrogens is 1. The number of para-hydroxylation sites is 1. The number of rotatable bonds is 3. The van der Waals surface area contributed by atoms with Crippen LogP contribution in [0.5, 0.6) is 0 Å². The third-order valence-corrected chi connectivity index (χ3v) is 3.37. The van der Waals surface area contributed by atoms with Crippen LogP contribution in [0.2, 0.25) is 5.02 Å². The third kappa shape index (κ3) is 2.68. The quantitative estimate of drug-likeness (QED) is 0.750. The van der Waals surface area contributed by atoms with Crippen molar-refractivity contribution in [2.75, 3.05) is 5.32 Å². The first-order valence-corrected chi connectivity index (χ1v) is 6.70. The van der Waals surface area contributed by atoms with E-state index in [1.54, 1.807) is 12.1 Å². The van der Waals surface area contributed by atoms with E-state index >= 15 is 0 Å². The van der Waals surface area contributed by atoms with Crippen molar-refractivity contribution in [1.82, 2.24) is 4.98 Å². The summed E-state index contributed by atoms with van der Waals surface area (Å²) in [4.78, 5) is 15.2. The largest absolute Gasteiger partial charge is 0.361 e. The lowest BCUT2D eigenvalue weighted by Crippen LogP contribution is -2.14. The van der Waals surface area contributed by atoms with Gasteiger partial charge in [-0.1, -0.05) is 35.9 Å². The van der Waals surface area contributed by atoms with Gasteiger partial charge in [0.15, 0.2) is 0 Å². The van der Waals surface area contributed by atoms with E-state index in [0.29, 0.717) is 17.1 Å². The van der Waals surface area contributed by atoms with Gasteiger partial charge in [-0.3, -0.25) is 4.79 Å². The second-order valence-corrected chi connectivity index (χ2v) is 5.03. The Hall–Kier alpha value is -2.26. The molecule has 1 amide bonds. The Balaban J connectivity index is 1.76. The van der Waals surface area contributed by atoms with E-state index in [4.69, 9.17) is 11.6 Å². The molecule has 3 aromatic rings. The highest BCUT2D eigenvalue weighted by Crippen LogP contribution is 2.19. The van der Waals surface area contributed by atoms with E-state index in [1.165, 1.54) is 0 Å². The van der Waals surface area contributed by atoms with Crippen LogP contribution in [0.4, 0.5) is 5.69 Å². The minimum absolute atomic E-state index is 0.0583. The summed E-state index contributed by atoms with van der Waals surface area (Å²) in [6.07, 6.45) is 2.21. The summed E-state index contributed by atoms with van der Waals surface area (Å²) < 4.78 is 0. The summed E-state index contributed by atoms with van der Waals surface area (Å²) in [7, 11) is 0. The van der Waals surface area contributed by atoms with Crippen molar-refractivity contribution in [3.63, 3.8) is 0 Å². The number of hydrogen-bond donors (Lipinski definition) is 2. The molecule has 100 valence electrons. The highest BCUT2D eigenvalue weighted by molar-refractivity contribution is 6.30. The van der Waals surface area contributed by atoms with Crippen molar-refractivity contribution in [1.29, 1.82) is 0 Å². The van der Waals surface area contributed by atoms with Crippen LogP contribution in [0.15, 0.2) is 54.7 Å². The first kappa shape index (κ1) is 12.8. The van der Waals surface area contributed by atoms with Crippen LogP contribution in [0.3, 0.4) is 0 Å². The fourth-order valence-electron chi connectivity index (χ4n) is 2.22. The van der Waals surface area contributed by atoms with Crippen LogP contribution in [-0.2, 0) is 11.2 Å². The molecule has 0 bridgehead atoms. The predicted octanol–water partition coefficient (Wildman–Crippen LogP) is 4.00. The van der Waals surface area contributed by atoms with Gasteiger partial charge in [-0.25, -0.2) is 0 Å². The number of halogens is 1. The fraction of sp³-hybridized carbons (Fsp3) is 0.0625. The zero-order chi connectivity index (χ0) is 13.9. The maximum absolute atomic E-state index is 12.1. The number of carbonyl (C=O) groups excluding carboxylic acids is 1. The number of fused-ring (bicyclic) bond motifs is 1. The molecule has 0 saturated carbocycles. The normalized spacial score (nSPS) is 10.7. The first-order chi connectivity index (χ1) is 9.72. The van der Waals surface area contributed by atoms with Crippen LogP contribution in [0.25, 0.3) is 10.9 Å². The van der Waals surface area contributed by atoms with Crippen LogP contribution in [-0.4, -0.2) is 10.9 Å². The van der Waals surface area contributed by atoms with Gasteiger partial charge in [0.05, 0.1) is 6.42 Å². The minimum atomic E-state index is -0.0583. The average Bonchev–Trinajstić information content (AvgIpc) is 2.82. The molecule has 20 heavy (non-hydrogen) atoms. The lowest BCUT2D eigenvalue weighted by molar-refractivity contribution is -0.115. The van der Waals surface area contributed by atoms with E-state index in [1.807, 2.05) is 42.6 Å². The summed E-state index contributed by atoms with van der Waals surface area (Å²) in [6.45, 7) is 0. The van der Waals surface area contributed by atoms with Crippen molar-refractivity contribution in [3.05, 3.63) is 65.3 Å². The highest BCUT2D eigenvalue weighted by atomic mass is 35.5. The Bertz CT molecular complexity index is 764. The molecule has 0 unspecified atom stereocenters. The Morgan fingerprint density at radius 3 is 2.85 bits per heavy atom. The predicted molar refractivity (Wildman–Crippen MR) is 82.1 cm³/mol. The molecule has 1 heterocycles. The molecule has 4 heteroatoms. The number of nitrogens with one attached hydrogen (secondary N) is 2. The Kier molecular flexibility index (Phi) is 3.44. The highest BCUT2D eigenvalue weighted by Gasteiger charge is 2.08. The number of amides is 1. The summed E-state index contributed by atoms with van der Waals surface area (Å²) >= 11 is 5.89. The number of carbonyl (C=O) groups is 1. The van der Waals surface area contributed by atoms with E-state index in [-0.39, 0.29) is 5.91 Å². The van der Waals surface area contributed by atoms with Crippen LogP contribution in [0, 0.1) is 0 Å². The van der Waals surface area contributed by atoms with E-state index in [9.17, 15) is 4.79 Å². The van der Waals surface area contributed by atoms with E-state index < -0.39 is 0 Å². The van der Waals surface area contributed by atoms with Gasteiger partial charge < -0.3 is 10.3 Å². The van der Waals surface area contributed by atoms with Gasteiger partial charge >= 0.3 is 0 Å². The summed E-state index contributed by atoms with van der Waals surface area (Å²) in [5.41, 5.74) is 2.74. The van der Waals surface area contributed by atoms with Crippen molar-refractivity contribution in [2.45, 2.75) is 6.42 Å². The van der Waals surface area contributed by atoms with Crippen molar-refractivity contribution < 1.29 is 4.79 Å². The Morgan fingerprint density at radius 2 is 2.00 bits per heavy atom. The molecule has 0 aliphatic carbocycles. The van der Waals surface area contributed by atoms with E-state index in [0.717, 1.165) is 16.5 Å². The number of anilines is 1.